The van der Waals surface area contributed by atoms with Crippen LogP contribution in [0.2, 0.25) is 0 Å². The molecule has 0 bridgehead atoms. The molecule has 0 aromatic rings. The van der Waals surface area contributed by atoms with Crippen LogP contribution < -0.4 is 5.32 Å². The molecule has 2 fully saturated rings. The maximum absolute atomic E-state index is 12.7. The number of carbonyl (C=O) groups is 2. The van der Waals surface area contributed by atoms with Gasteiger partial charge >= 0.3 is 0 Å². The summed E-state index contributed by atoms with van der Waals surface area (Å²) in [5.74, 6) is 0.473. The number of nitrogens with zero attached hydrogens (tertiary/aromatic N) is 2. The fourth-order valence-electron chi connectivity index (χ4n) is 3.37. The molecule has 2 heterocycles. The highest BCUT2D eigenvalue weighted by Gasteiger charge is 2.39. The van der Waals surface area contributed by atoms with Crippen molar-refractivity contribution in [3.05, 3.63) is 0 Å². The number of likely N-dealkylation sites (tertiary alicyclic amines) is 1. The van der Waals surface area contributed by atoms with Gasteiger partial charge in [-0.2, -0.15) is 0 Å². The van der Waals surface area contributed by atoms with Gasteiger partial charge in [0.15, 0.2) is 0 Å². The van der Waals surface area contributed by atoms with Gasteiger partial charge in [0.05, 0.1) is 0 Å². The van der Waals surface area contributed by atoms with Crippen molar-refractivity contribution in [1.29, 1.82) is 0 Å². The second kappa shape index (κ2) is 6.77. The zero-order valence-corrected chi connectivity index (χ0v) is 13.8. The summed E-state index contributed by atoms with van der Waals surface area (Å²) in [6, 6.07) is -0.311. The zero-order chi connectivity index (χ0) is 15.6. The topological polar surface area (TPSA) is 52.7 Å². The van der Waals surface area contributed by atoms with Crippen molar-refractivity contribution in [3.63, 3.8) is 0 Å². The average Bonchev–Trinajstić information content (AvgIpc) is 2.42. The van der Waals surface area contributed by atoms with E-state index in [1.807, 2.05) is 6.92 Å². The van der Waals surface area contributed by atoms with Crippen molar-refractivity contribution in [2.24, 2.45) is 5.92 Å². The molecule has 3 unspecified atom stereocenters. The number of rotatable bonds is 4. The van der Waals surface area contributed by atoms with Gasteiger partial charge in [0.1, 0.15) is 12.1 Å². The lowest BCUT2D eigenvalue weighted by molar-refractivity contribution is -0.150. The number of hydrogen-bond donors (Lipinski definition) is 1. The highest BCUT2D eigenvalue weighted by Crippen LogP contribution is 2.21. The highest BCUT2D eigenvalue weighted by molar-refractivity contribution is 5.96. The fourth-order valence-corrected chi connectivity index (χ4v) is 3.37. The standard InChI is InChI=1S/C16H29N3O2/c1-11(2)9-14-16(21)19(12(3)15(20)17-14)10-13-7-5-6-8-18(13)4/h11-14H,5-10H2,1-4H3,(H,17,20). The Bertz CT molecular complexity index is 397. The maximum atomic E-state index is 12.7. The molecule has 2 aliphatic heterocycles. The van der Waals surface area contributed by atoms with E-state index in [0.29, 0.717) is 24.9 Å². The van der Waals surface area contributed by atoms with E-state index in [4.69, 9.17) is 0 Å². The fraction of sp³-hybridized carbons (Fsp3) is 0.875. The predicted octanol–water partition coefficient (Wildman–Crippen LogP) is 1.23. The smallest absolute Gasteiger partial charge is 0.245 e. The molecule has 0 radical (unpaired) electrons. The van der Waals surface area contributed by atoms with E-state index < -0.39 is 0 Å². The highest BCUT2D eigenvalue weighted by atomic mass is 16.2. The van der Waals surface area contributed by atoms with Crippen LogP contribution in [0.25, 0.3) is 0 Å². The van der Waals surface area contributed by atoms with Crippen LogP contribution >= 0.6 is 0 Å². The van der Waals surface area contributed by atoms with E-state index in [2.05, 4.69) is 31.1 Å². The predicted molar refractivity (Wildman–Crippen MR) is 82.8 cm³/mol. The van der Waals surface area contributed by atoms with E-state index in [1.165, 1.54) is 12.8 Å². The van der Waals surface area contributed by atoms with Crippen LogP contribution in [-0.4, -0.2) is 59.9 Å². The quantitative estimate of drug-likeness (QED) is 0.849. The van der Waals surface area contributed by atoms with E-state index in [9.17, 15) is 9.59 Å². The summed E-state index contributed by atoms with van der Waals surface area (Å²) in [5.41, 5.74) is 0. The van der Waals surface area contributed by atoms with Crippen molar-refractivity contribution >= 4 is 11.8 Å². The molecule has 0 spiro atoms. The third-order valence-corrected chi connectivity index (χ3v) is 4.78. The minimum Gasteiger partial charge on any atom is -0.343 e. The molecule has 0 aromatic heterocycles. The molecule has 2 rings (SSSR count). The van der Waals surface area contributed by atoms with Crippen LogP contribution in [0, 0.1) is 5.92 Å². The molecule has 0 aromatic carbocycles. The molecule has 0 saturated carbocycles. The number of carbonyl (C=O) groups excluding carboxylic acids is 2. The summed E-state index contributed by atoms with van der Waals surface area (Å²) in [5, 5.41) is 2.88. The average molecular weight is 295 g/mol. The molecular weight excluding hydrogens is 266 g/mol. The van der Waals surface area contributed by atoms with Gasteiger partial charge in [0.2, 0.25) is 11.8 Å². The van der Waals surface area contributed by atoms with Crippen molar-refractivity contribution in [3.8, 4) is 0 Å². The SMILES string of the molecule is CC(C)CC1NC(=O)C(C)N(CC2CCCCN2C)C1=O. The van der Waals surface area contributed by atoms with Gasteiger partial charge in [-0.25, -0.2) is 0 Å². The van der Waals surface area contributed by atoms with Crippen LogP contribution in [0.4, 0.5) is 0 Å². The molecule has 2 aliphatic rings. The summed E-state index contributed by atoms with van der Waals surface area (Å²) in [6.07, 6.45) is 4.28. The van der Waals surface area contributed by atoms with Crippen LogP contribution in [0.5, 0.6) is 0 Å². The number of amides is 2. The molecule has 21 heavy (non-hydrogen) atoms. The van der Waals surface area contributed by atoms with Gasteiger partial charge in [0, 0.05) is 12.6 Å². The van der Waals surface area contributed by atoms with E-state index in [0.717, 1.165) is 13.0 Å². The Morgan fingerprint density at radius 1 is 1.29 bits per heavy atom. The van der Waals surface area contributed by atoms with Gasteiger partial charge < -0.3 is 15.1 Å². The van der Waals surface area contributed by atoms with E-state index >= 15 is 0 Å². The third kappa shape index (κ3) is 3.76. The van der Waals surface area contributed by atoms with E-state index in [1.54, 1.807) is 4.90 Å². The normalized spacial score (nSPS) is 31.7. The molecule has 120 valence electrons. The number of nitrogens with one attached hydrogen (secondary N) is 1. The lowest BCUT2D eigenvalue weighted by Crippen LogP contribution is -2.64. The summed E-state index contributed by atoms with van der Waals surface area (Å²) in [7, 11) is 2.12. The lowest BCUT2D eigenvalue weighted by Gasteiger charge is -2.42. The van der Waals surface area contributed by atoms with Crippen LogP contribution in [-0.2, 0) is 9.59 Å². The Morgan fingerprint density at radius 3 is 2.62 bits per heavy atom. The molecule has 2 saturated heterocycles. The maximum Gasteiger partial charge on any atom is 0.245 e. The minimum absolute atomic E-state index is 0.0151. The largest absolute Gasteiger partial charge is 0.343 e. The Kier molecular flexibility index (Phi) is 5.25. The van der Waals surface area contributed by atoms with Crippen LogP contribution in [0.3, 0.4) is 0 Å². The molecule has 1 N–H and O–H groups in total. The first-order chi connectivity index (χ1) is 9.90. The summed E-state index contributed by atoms with van der Waals surface area (Å²) in [6.45, 7) is 7.76. The van der Waals surface area contributed by atoms with Gasteiger partial charge in [-0.05, 0) is 45.7 Å². The second-order valence-electron chi connectivity index (χ2n) is 6.99. The third-order valence-electron chi connectivity index (χ3n) is 4.78. The van der Waals surface area contributed by atoms with Crippen molar-refractivity contribution in [2.75, 3.05) is 20.1 Å². The molecule has 0 aliphatic carbocycles. The van der Waals surface area contributed by atoms with Gasteiger partial charge in [-0.15, -0.1) is 0 Å². The lowest BCUT2D eigenvalue weighted by atomic mass is 9.97. The minimum atomic E-state index is -0.351. The molecule has 5 nitrogen and oxygen atoms in total. The van der Waals surface area contributed by atoms with E-state index in [-0.39, 0.29) is 23.9 Å². The number of likely N-dealkylation sites (N-methyl/N-ethyl adjacent to an activating group) is 1. The monoisotopic (exact) mass is 295 g/mol. The zero-order valence-electron chi connectivity index (χ0n) is 13.8. The summed E-state index contributed by atoms with van der Waals surface area (Å²) < 4.78 is 0. The Morgan fingerprint density at radius 2 is 2.00 bits per heavy atom. The molecule has 2 amide bonds. The van der Waals surface area contributed by atoms with Crippen molar-refractivity contribution in [1.82, 2.24) is 15.1 Å². The second-order valence-corrected chi connectivity index (χ2v) is 6.99. The Balaban J connectivity index is 2.07. The summed E-state index contributed by atoms with van der Waals surface area (Å²) in [4.78, 5) is 29.0. The molecular formula is C16H29N3O2. The van der Waals surface area contributed by atoms with Crippen LogP contribution in [0.15, 0.2) is 0 Å². The van der Waals surface area contributed by atoms with Gasteiger partial charge in [-0.3, -0.25) is 9.59 Å². The van der Waals surface area contributed by atoms with Crippen LogP contribution in [0.1, 0.15) is 46.5 Å². The first-order valence-corrected chi connectivity index (χ1v) is 8.21. The van der Waals surface area contributed by atoms with Gasteiger partial charge in [0.25, 0.3) is 0 Å². The number of hydrogen-bond acceptors (Lipinski definition) is 3. The number of piperidine rings is 1. The Hall–Kier alpha value is -1.10. The van der Waals surface area contributed by atoms with Crippen molar-refractivity contribution < 1.29 is 9.59 Å². The molecule has 5 heteroatoms. The van der Waals surface area contributed by atoms with Crippen molar-refractivity contribution in [2.45, 2.75) is 64.6 Å². The first kappa shape index (κ1) is 16.3. The summed E-state index contributed by atoms with van der Waals surface area (Å²) >= 11 is 0. The van der Waals surface area contributed by atoms with Gasteiger partial charge in [-0.1, -0.05) is 20.3 Å². The molecule has 3 atom stereocenters. The number of piperazine rings is 1. The Labute approximate surface area is 128 Å². The first-order valence-electron chi connectivity index (χ1n) is 8.21.